The summed E-state index contributed by atoms with van der Waals surface area (Å²) in [5.41, 5.74) is 1.22. The van der Waals surface area contributed by atoms with Gasteiger partial charge < -0.3 is 4.98 Å². The highest BCUT2D eigenvalue weighted by atomic mass is 32.1. The SMILES string of the molecule is CCc1ccc(CC(C)c2cnc[nH]2)s1. The summed E-state index contributed by atoms with van der Waals surface area (Å²) in [6, 6.07) is 4.48. The Morgan fingerprint density at radius 3 is 2.80 bits per heavy atom. The number of aromatic nitrogens is 2. The van der Waals surface area contributed by atoms with Gasteiger partial charge in [0.15, 0.2) is 0 Å². The molecule has 0 saturated carbocycles. The van der Waals surface area contributed by atoms with Crippen molar-refractivity contribution in [3.8, 4) is 0 Å². The van der Waals surface area contributed by atoms with Gasteiger partial charge in [-0.1, -0.05) is 13.8 Å². The van der Waals surface area contributed by atoms with Crippen LogP contribution < -0.4 is 0 Å². The molecule has 2 rings (SSSR count). The molecule has 15 heavy (non-hydrogen) atoms. The lowest BCUT2D eigenvalue weighted by Gasteiger charge is -2.06. The van der Waals surface area contributed by atoms with Crippen LogP contribution >= 0.6 is 11.3 Å². The molecule has 0 aliphatic carbocycles. The Bertz CT molecular complexity index is 403. The fraction of sp³-hybridized carbons (Fsp3) is 0.417. The van der Waals surface area contributed by atoms with Gasteiger partial charge in [0, 0.05) is 27.6 Å². The highest BCUT2D eigenvalue weighted by molar-refractivity contribution is 7.11. The van der Waals surface area contributed by atoms with Crippen LogP contribution in [0, 0.1) is 0 Å². The van der Waals surface area contributed by atoms with E-state index in [2.05, 4.69) is 35.9 Å². The van der Waals surface area contributed by atoms with E-state index < -0.39 is 0 Å². The molecule has 0 aliphatic heterocycles. The summed E-state index contributed by atoms with van der Waals surface area (Å²) in [4.78, 5) is 10.2. The zero-order chi connectivity index (χ0) is 10.7. The number of nitrogens with zero attached hydrogens (tertiary/aromatic N) is 1. The minimum absolute atomic E-state index is 0.524. The molecule has 2 aromatic rings. The lowest BCUT2D eigenvalue weighted by atomic mass is 10.0. The third-order valence-corrected chi connectivity index (χ3v) is 3.88. The predicted octanol–water partition coefficient (Wildman–Crippen LogP) is 3.38. The number of hydrogen-bond donors (Lipinski definition) is 1. The number of hydrogen-bond acceptors (Lipinski definition) is 2. The first kappa shape index (κ1) is 10.4. The second-order valence-corrected chi connectivity index (χ2v) is 5.09. The molecule has 1 N–H and O–H groups in total. The molecule has 0 amide bonds. The standard InChI is InChI=1S/C12H16N2S/c1-3-10-4-5-11(15-10)6-9(2)12-7-13-8-14-12/h4-5,7-9H,3,6H2,1-2H3,(H,13,14). The molecule has 1 unspecified atom stereocenters. The average molecular weight is 220 g/mol. The van der Waals surface area contributed by atoms with Crippen molar-refractivity contribution in [1.29, 1.82) is 0 Å². The molecular formula is C12H16N2S. The number of rotatable bonds is 4. The van der Waals surface area contributed by atoms with Gasteiger partial charge >= 0.3 is 0 Å². The maximum absolute atomic E-state index is 4.05. The van der Waals surface area contributed by atoms with Gasteiger partial charge in [-0.15, -0.1) is 11.3 Å². The van der Waals surface area contributed by atoms with Crippen LogP contribution in [0.25, 0.3) is 0 Å². The molecule has 1 atom stereocenters. The molecule has 2 aromatic heterocycles. The predicted molar refractivity (Wildman–Crippen MR) is 64.4 cm³/mol. The van der Waals surface area contributed by atoms with E-state index in [-0.39, 0.29) is 0 Å². The Labute approximate surface area is 94.4 Å². The van der Waals surface area contributed by atoms with Crippen molar-refractivity contribution in [2.75, 3.05) is 0 Å². The zero-order valence-electron chi connectivity index (χ0n) is 9.16. The maximum Gasteiger partial charge on any atom is 0.0921 e. The van der Waals surface area contributed by atoms with Crippen molar-refractivity contribution >= 4 is 11.3 Å². The Balaban J connectivity index is 2.02. The van der Waals surface area contributed by atoms with E-state index in [4.69, 9.17) is 0 Å². The Morgan fingerprint density at radius 1 is 1.40 bits per heavy atom. The van der Waals surface area contributed by atoms with Crippen molar-refractivity contribution in [2.45, 2.75) is 32.6 Å². The van der Waals surface area contributed by atoms with Crippen molar-refractivity contribution in [3.63, 3.8) is 0 Å². The van der Waals surface area contributed by atoms with Crippen LogP contribution in [0.3, 0.4) is 0 Å². The van der Waals surface area contributed by atoms with Gasteiger partial charge in [0.25, 0.3) is 0 Å². The second kappa shape index (κ2) is 4.62. The molecule has 0 fully saturated rings. The third-order valence-electron chi connectivity index (χ3n) is 2.62. The van der Waals surface area contributed by atoms with Crippen LogP contribution in [0.1, 0.15) is 35.2 Å². The van der Waals surface area contributed by atoms with Crippen molar-refractivity contribution in [1.82, 2.24) is 9.97 Å². The lowest BCUT2D eigenvalue weighted by molar-refractivity contribution is 0.745. The number of thiophene rings is 1. The summed E-state index contributed by atoms with van der Waals surface area (Å²) < 4.78 is 0. The molecule has 2 nitrogen and oxygen atoms in total. The number of H-pyrrole nitrogens is 1. The summed E-state index contributed by atoms with van der Waals surface area (Å²) in [5.74, 6) is 0.524. The van der Waals surface area contributed by atoms with E-state index >= 15 is 0 Å². The number of aromatic amines is 1. The first-order valence-corrected chi connectivity index (χ1v) is 6.17. The number of imidazole rings is 1. The monoisotopic (exact) mass is 220 g/mol. The molecule has 0 saturated heterocycles. The summed E-state index contributed by atoms with van der Waals surface area (Å²) in [6.45, 7) is 4.44. The molecule has 80 valence electrons. The van der Waals surface area contributed by atoms with Crippen LogP contribution in [0.5, 0.6) is 0 Å². The van der Waals surface area contributed by atoms with E-state index in [9.17, 15) is 0 Å². The fourth-order valence-electron chi connectivity index (χ4n) is 1.67. The lowest BCUT2D eigenvalue weighted by Crippen LogP contribution is -1.96. The minimum Gasteiger partial charge on any atom is -0.348 e. The van der Waals surface area contributed by atoms with Crippen molar-refractivity contribution in [2.24, 2.45) is 0 Å². The van der Waals surface area contributed by atoms with Gasteiger partial charge in [-0.25, -0.2) is 4.98 Å². The van der Waals surface area contributed by atoms with E-state index in [1.165, 1.54) is 15.4 Å². The van der Waals surface area contributed by atoms with Gasteiger partial charge in [-0.05, 0) is 25.0 Å². The molecular weight excluding hydrogens is 204 g/mol. The quantitative estimate of drug-likeness (QED) is 0.840. The van der Waals surface area contributed by atoms with Crippen LogP contribution in [0.4, 0.5) is 0 Å². The highest BCUT2D eigenvalue weighted by Crippen LogP contribution is 2.24. The summed E-state index contributed by atoms with van der Waals surface area (Å²) in [6.07, 6.45) is 5.91. The van der Waals surface area contributed by atoms with E-state index in [1.54, 1.807) is 6.33 Å². The third kappa shape index (κ3) is 2.48. The number of aryl methyl sites for hydroxylation is 1. The van der Waals surface area contributed by atoms with Crippen LogP contribution in [0.2, 0.25) is 0 Å². The van der Waals surface area contributed by atoms with Gasteiger partial charge in [-0.3, -0.25) is 0 Å². The summed E-state index contributed by atoms with van der Waals surface area (Å²) >= 11 is 1.92. The van der Waals surface area contributed by atoms with Crippen LogP contribution in [-0.4, -0.2) is 9.97 Å². The van der Waals surface area contributed by atoms with Gasteiger partial charge in [0.2, 0.25) is 0 Å². The molecule has 0 spiro atoms. The molecule has 0 radical (unpaired) electrons. The van der Waals surface area contributed by atoms with Crippen molar-refractivity contribution < 1.29 is 0 Å². The highest BCUT2D eigenvalue weighted by Gasteiger charge is 2.09. The smallest absolute Gasteiger partial charge is 0.0921 e. The second-order valence-electron chi connectivity index (χ2n) is 3.83. The molecule has 0 bridgehead atoms. The van der Waals surface area contributed by atoms with Crippen LogP contribution in [0.15, 0.2) is 24.7 Å². The van der Waals surface area contributed by atoms with Gasteiger partial charge in [0.05, 0.1) is 6.33 Å². The Morgan fingerprint density at radius 2 is 2.20 bits per heavy atom. The topological polar surface area (TPSA) is 28.7 Å². The summed E-state index contributed by atoms with van der Waals surface area (Å²) in [7, 11) is 0. The zero-order valence-corrected chi connectivity index (χ0v) is 9.97. The average Bonchev–Trinajstić information content (AvgIpc) is 2.87. The van der Waals surface area contributed by atoms with E-state index in [1.807, 2.05) is 17.5 Å². The minimum atomic E-state index is 0.524. The Hall–Kier alpha value is -1.09. The Kier molecular flexibility index (Phi) is 3.21. The molecule has 0 aromatic carbocycles. The van der Waals surface area contributed by atoms with Crippen molar-refractivity contribution in [3.05, 3.63) is 40.1 Å². The van der Waals surface area contributed by atoms with Crippen LogP contribution in [-0.2, 0) is 12.8 Å². The molecule has 0 aliphatic rings. The number of nitrogens with one attached hydrogen (secondary N) is 1. The first-order chi connectivity index (χ1) is 7.29. The molecule has 2 heterocycles. The normalized spacial score (nSPS) is 12.9. The maximum atomic E-state index is 4.05. The van der Waals surface area contributed by atoms with E-state index in [0.29, 0.717) is 5.92 Å². The molecule has 3 heteroatoms. The van der Waals surface area contributed by atoms with Gasteiger partial charge in [0.1, 0.15) is 0 Å². The largest absolute Gasteiger partial charge is 0.348 e. The first-order valence-electron chi connectivity index (χ1n) is 5.35. The summed E-state index contributed by atoms with van der Waals surface area (Å²) in [5, 5.41) is 0. The van der Waals surface area contributed by atoms with Gasteiger partial charge in [-0.2, -0.15) is 0 Å². The van der Waals surface area contributed by atoms with E-state index in [0.717, 1.165) is 12.8 Å². The fourth-order valence-corrected chi connectivity index (χ4v) is 2.76.